The number of aromatic nitrogens is 4. The molecule has 6 nitrogen and oxygen atoms in total. The van der Waals surface area contributed by atoms with Crippen molar-refractivity contribution in [1.82, 2.24) is 25.1 Å². The molecule has 0 saturated carbocycles. The first kappa shape index (κ1) is 23.2. The van der Waals surface area contributed by atoms with Crippen LogP contribution in [0, 0.1) is 11.6 Å². The molecule has 0 aliphatic carbocycles. The van der Waals surface area contributed by atoms with Gasteiger partial charge < -0.3 is 10.3 Å². The van der Waals surface area contributed by atoms with Gasteiger partial charge >= 0.3 is 0 Å². The molecule has 1 amide bonds. The van der Waals surface area contributed by atoms with E-state index in [0.717, 1.165) is 0 Å². The largest absolute Gasteiger partial charge is 0.360 e. The lowest BCUT2D eigenvalue weighted by Gasteiger charge is -2.07. The fraction of sp³-hybridized carbons (Fsp3) is 0.125. The molecule has 2 aromatic carbocycles. The van der Waals surface area contributed by atoms with Gasteiger partial charge in [-0.1, -0.05) is 23.2 Å². The Morgan fingerprint density at radius 3 is 2.74 bits per heavy atom. The van der Waals surface area contributed by atoms with Crippen molar-refractivity contribution in [3.63, 3.8) is 0 Å². The van der Waals surface area contributed by atoms with Crippen LogP contribution in [0.5, 0.6) is 0 Å². The molecule has 5 rings (SSSR count). The number of pyridine rings is 1. The van der Waals surface area contributed by atoms with E-state index in [2.05, 4.69) is 20.4 Å². The summed E-state index contributed by atoms with van der Waals surface area (Å²) in [6, 6.07) is 7.41. The van der Waals surface area contributed by atoms with Gasteiger partial charge in [0.05, 0.1) is 22.2 Å². The Morgan fingerprint density at radius 2 is 1.94 bits per heavy atom. The van der Waals surface area contributed by atoms with E-state index >= 15 is 0 Å². The lowest BCUT2D eigenvalue weighted by atomic mass is 10.1. The highest BCUT2D eigenvalue weighted by molar-refractivity contribution is 6.35. The molecule has 0 aliphatic rings. The summed E-state index contributed by atoms with van der Waals surface area (Å²) in [6.45, 7) is -1.04. The molecule has 0 atom stereocenters. The van der Waals surface area contributed by atoms with Crippen LogP contribution in [0.4, 0.5) is 13.2 Å². The summed E-state index contributed by atoms with van der Waals surface area (Å²) in [7, 11) is 0. The topological polar surface area (TPSA) is 75.6 Å². The molecule has 3 aromatic heterocycles. The predicted molar refractivity (Wildman–Crippen MR) is 127 cm³/mol. The summed E-state index contributed by atoms with van der Waals surface area (Å²) < 4.78 is 43.8. The first-order valence-electron chi connectivity index (χ1n) is 10.4. The summed E-state index contributed by atoms with van der Waals surface area (Å²) in [5, 5.41) is 8.61. The normalized spacial score (nSPS) is 11.5. The lowest BCUT2D eigenvalue weighted by Crippen LogP contribution is -2.24. The maximum Gasteiger partial charge on any atom is 0.255 e. The number of nitrogens with zero attached hydrogens (tertiary/aromatic N) is 3. The monoisotopic (exact) mass is 517 g/mol. The summed E-state index contributed by atoms with van der Waals surface area (Å²) in [5.41, 5.74) is 1.37. The van der Waals surface area contributed by atoms with Crippen molar-refractivity contribution in [1.29, 1.82) is 0 Å². The molecule has 5 aromatic rings. The average Bonchev–Trinajstić information content (AvgIpc) is 3.39. The van der Waals surface area contributed by atoms with E-state index in [1.165, 1.54) is 29.2 Å². The molecule has 3 heterocycles. The van der Waals surface area contributed by atoms with Crippen LogP contribution in [0.25, 0.3) is 21.8 Å². The number of fused-ring (bicyclic) bond motifs is 2. The number of amides is 1. The Labute approximate surface area is 206 Å². The highest BCUT2D eigenvalue weighted by Gasteiger charge is 2.18. The van der Waals surface area contributed by atoms with Crippen molar-refractivity contribution in [2.75, 3.05) is 0 Å². The Balaban J connectivity index is 1.36. The standard InChI is InChI=1S/C24H16Cl2F3N5O/c25-15-3-13-1-12(2-20(29)23(13)31-8-15)10-34-11-17(22(6-27)33-34)24(35)32-7-14-4-16-18(26)9-30-21(16)5-19(14)28/h1-5,8-9,11,30H,6-7,10H2,(H,32,35). The minimum Gasteiger partial charge on any atom is -0.360 e. The van der Waals surface area contributed by atoms with Crippen LogP contribution in [0.1, 0.15) is 27.2 Å². The zero-order chi connectivity index (χ0) is 24.7. The highest BCUT2D eigenvalue weighted by Crippen LogP contribution is 2.26. The number of hydrogen-bond donors (Lipinski definition) is 2. The Morgan fingerprint density at radius 1 is 1.11 bits per heavy atom. The van der Waals surface area contributed by atoms with Crippen molar-refractivity contribution in [2.24, 2.45) is 0 Å². The van der Waals surface area contributed by atoms with E-state index in [0.29, 0.717) is 31.9 Å². The second kappa shape index (κ2) is 9.24. The van der Waals surface area contributed by atoms with Crippen molar-refractivity contribution >= 4 is 50.9 Å². The third-order valence-electron chi connectivity index (χ3n) is 5.55. The van der Waals surface area contributed by atoms with Crippen LogP contribution in [-0.4, -0.2) is 25.7 Å². The second-order valence-corrected chi connectivity index (χ2v) is 8.78. The second-order valence-electron chi connectivity index (χ2n) is 7.93. The summed E-state index contributed by atoms with van der Waals surface area (Å²) in [5.74, 6) is -1.68. The minimum absolute atomic E-state index is 0.000338. The van der Waals surface area contributed by atoms with Gasteiger partial charge in [0, 0.05) is 47.0 Å². The van der Waals surface area contributed by atoms with Crippen LogP contribution < -0.4 is 5.32 Å². The van der Waals surface area contributed by atoms with Crippen molar-refractivity contribution in [3.8, 4) is 0 Å². The van der Waals surface area contributed by atoms with E-state index in [4.69, 9.17) is 23.2 Å². The van der Waals surface area contributed by atoms with Gasteiger partial charge in [0.25, 0.3) is 5.91 Å². The predicted octanol–water partition coefficient (Wildman–Crippen LogP) is 5.95. The summed E-state index contributed by atoms with van der Waals surface area (Å²) >= 11 is 12.0. The molecule has 2 N–H and O–H groups in total. The van der Waals surface area contributed by atoms with Gasteiger partial charge in [0.15, 0.2) is 0 Å². The molecule has 0 bridgehead atoms. The third kappa shape index (κ3) is 4.56. The number of alkyl halides is 1. The smallest absolute Gasteiger partial charge is 0.255 e. The van der Waals surface area contributed by atoms with E-state index in [1.807, 2.05) is 0 Å². The number of halogens is 5. The van der Waals surface area contributed by atoms with E-state index in [-0.39, 0.29) is 35.4 Å². The number of H-pyrrole nitrogens is 1. The zero-order valence-corrected chi connectivity index (χ0v) is 19.4. The van der Waals surface area contributed by atoms with Crippen LogP contribution in [0.15, 0.2) is 48.9 Å². The molecule has 178 valence electrons. The molecule has 11 heteroatoms. The van der Waals surface area contributed by atoms with Crippen molar-refractivity contribution < 1.29 is 18.0 Å². The average molecular weight is 518 g/mol. The molecular formula is C24H16Cl2F3N5O. The van der Waals surface area contributed by atoms with Crippen molar-refractivity contribution in [2.45, 2.75) is 19.8 Å². The number of rotatable bonds is 6. The fourth-order valence-electron chi connectivity index (χ4n) is 3.91. The highest BCUT2D eigenvalue weighted by atomic mass is 35.5. The van der Waals surface area contributed by atoms with Gasteiger partial charge in [-0.2, -0.15) is 5.10 Å². The summed E-state index contributed by atoms with van der Waals surface area (Å²) in [4.78, 5) is 19.6. The quantitative estimate of drug-likeness (QED) is 0.292. The molecule has 0 radical (unpaired) electrons. The van der Waals surface area contributed by atoms with Crippen LogP contribution in [0.3, 0.4) is 0 Å². The molecule has 0 spiro atoms. The number of nitrogens with one attached hydrogen (secondary N) is 2. The number of aromatic amines is 1. The number of carbonyl (C=O) groups excluding carboxylic acids is 1. The van der Waals surface area contributed by atoms with Crippen LogP contribution >= 0.6 is 23.2 Å². The molecule has 0 aliphatic heterocycles. The van der Waals surface area contributed by atoms with Gasteiger partial charge in [0.2, 0.25) is 0 Å². The maximum atomic E-state index is 14.5. The molecule has 0 unspecified atom stereocenters. The first-order valence-corrected chi connectivity index (χ1v) is 11.2. The molecule has 35 heavy (non-hydrogen) atoms. The Kier molecular flexibility index (Phi) is 6.12. The van der Waals surface area contributed by atoms with Gasteiger partial charge in [0.1, 0.15) is 29.5 Å². The number of hydrogen-bond acceptors (Lipinski definition) is 3. The zero-order valence-electron chi connectivity index (χ0n) is 17.9. The Bertz CT molecular complexity index is 1600. The van der Waals surface area contributed by atoms with E-state index in [9.17, 15) is 18.0 Å². The Hall–Kier alpha value is -3.56. The number of benzene rings is 2. The van der Waals surface area contributed by atoms with Gasteiger partial charge in [-0.3, -0.25) is 14.5 Å². The fourth-order valence-corrected chi connectivity index (χ4v) is 4.28. The van der Waals surface area contributed by atoms with E-state index in [1.54, 1.807) is 24.4 Å². The molecular weight excluding hydrogens is 502 g/mol. The lowest BCUT2D eigenvalue weighted by molar-refractivity contribution is 0.0949. The first-order chi connectivity index (χ1) is 16.8. The van der Waals surface area contributed by atoms with E-state index < -0.39 is 24.2 Å². The SMILES string of the molecule is O=C(NCc1cc2c(Cl)c[nH]c2cc1F)c1cn(Cc2cc(F)c3ncc(Cl)cc3c2)nc1CF. The van der Waals surface area contributed by atoms with Crippen LogP contribution in [0.2, 0.25) is 10.0 Å². The van der Waals surface area contributed by atoms with Crippen molar-refractivity contribution in [3.05, 3.63) is 93.0 Å². The maximum absolute atomic E-state index is 14.5. The third-order valence-corrected chi connectivity index (χ3v) is 6.07. The molecule has 0 fully saturated rings. The van der Waals surface area contributed by atoms with Gasteiger partial charge in [-0.15, -0.1) is 0 Å². The summed E-state index contributed by atoms with van der Waals surface area (Å²) in [6.07, 6.45) is 4.27. The van der Waals surface area contributed by atoms with Gasteiger partial charge in [-0.25, -0.2) is 13.2 Å². The minimum atomic E-state index is -0.985. The number of carbonyl (C=O) groups is 1. The van der Waals surface area contributed by atoms with Gasteiger partial charge in [-0.05, 0) is 35.9 Å². The molecule has 0 saturated heterocycles. The van der Waals surface area contributed by atoms with Crippen LogP contribution in [-0.2, 0) is 19.8 Å².